The Morgan fingerprint density at radius 3 is 2.28 bits per heavy atom. The van der Waals surface area contributed by atoms with Gasteiger partial charge in [-0.25, -0.2) is 9.59 Å². The second-order valence-corrected chi connectivity index (χ2v) is 7.94. The van der Waals surface area contributed by atoms with Crippen molar-refractivity contribution in [3.8, 4) is 0 Å². The third-order valence-corrected chi connectivity index (χ3v) is 5.00. The predicted molar refractivity (Wildman–Crippen MR) is 108 cm³/mol. The first-order valence-corrected chi connectivity index (χ1v) is 9.43. The number of nitrogens with zero attached hydrogens (tertiary/aromatic N) is 1. The number of hydrogen-bond acceptors (Lipinski definition) is 4. The Hall–Kier alpha value is -3.12. The van der Waals surface area contributed by atoms with E-state index in [1.54, 1.807) is 38.3 Å². The Balaban J connectivity index is 1.92. The largest absolute Gasteiger partial charge is 0.478 e. The van der Waals surface area contributed by atoms with Crippen LogP contribution in [0.4, 0.5) is 4.79 Å². The molecule has 2 unspecified atom stereocenters. The number of benzene rings is 2. The normalized spacial score (nSPS) is 20.3. The van der Waals surface area contributed by atoms with Gasteiger partial charge in [0.25, 0.3) is 0 Å². The van der Waals surface area contributed by atoms with Crippen molar-refractivity contribution in [1.82, 2.24) is 4.90 Å². The molecule has 0 saturated heterocycles. The van der Waals surface area contributed by atoms with E-state index in [4.69, 9.17) is 9.84 Å². The Morgan fingerprint density at radius 2 is 1.76 bits per heavy atom. The molecule has 2 aromatic rings. The van der Waals surface area contributed by atoms with E-state index in [1.807, 2.05) is 37.3 Å². The van der Waals surface area contributed by atoms with Crippen LogP contribution in [0.1, 0.15) is 54.7 Å². The van der Waals surface area contributed by atoms with Crippen LogP contribution in [-0.4, -0.2) is 32.8 Å². The smallest absolute Gasteiger partial charge is 0.415 e. The van der Waals surface area contributed by atoms with Crippen LogP contribution < -0.4 is 0 Å². The first kappa shape index (κ1) is 20.6. The number of rotatable bonds is 6. The number of amides is 1. The minimum atomic E-state index is -1.07. The minimum Gasteiger partial charge on any atom is -0.478 e. The van der Waals surface area contributed by atoms with Gasteiger partial charge in [-0.1, -0.05) is 42.5 Å². The highest BCUT2D eigenvalue weighted by atomic mass is 16.6. The molecule has 6 nitrogen and oxygen atoms in total. The topological polar surface area (TPSA) is 87.1 Å². The molecule has 2 aromatic carbocycles. The van der Waals surface area contributed by atoms with Crippen LogP contribution in [0, 0.1) is 0 Å². The molecule has 0 spiro atoms. The highest BCUT2D eigenvalue weighted by Crippen LogP contribution is 2.40. The molecule has 6 heteroatoms. The maximum absolute atomic E-state index is 12.9. The number of hydrogen-bond donors (Lipinski definition) is 2. The summed E-state index contributed by atoms with van der Waals surface area (Å²) in [5.41, 5.74) is -0.372. The average Bonchev–Trinajstić information content (AvgIpc) is 2.67. The molecule has 0 aliphatic carbocycles. The molecule has 2 atom stereocenters. The fourth-order valence-electron chi connectivity index (χ4n) is 3.57. The van der Waals surface area contributed by atoms with Gasteiger partial charge in [0.2, 0.25) is 0 Å². The van der Waals surface area contributed by atoms with E-state index in [-0.39, 0.29) is 18.0 Å². The van der Waals surface area contributed by atoms with Crippen LogP contribution >= 0.6 is 0 Å². The molecule has 1 heterocycles. The van der Waals surface area contributed by atoms with Crippen LogP contribution in [0.2, 0.25) is 0 Å². The SMILES string of the molecule is CC(c1ccc(C(=O)O)cc1)N1C=CC(CC(C)(C)O)(c2ccccc2)OC1=O. The molecule has 2 N–H and O–H groups in total. The zero-order chi connectivity index (χ0) is 21.2. The van der Waals surface area contributed by atoms with Gasteiger partial charge in [0.1, 0.15) is 0 Å². The minimum absolute atomic E-state index is 0.186. The predicted octanol–water partition coefficient (Wildman–Crippen LogP) is 4.47. The lowest BCUT2D eigenvalue weighted by Gasteiger charge is -2.41. The molecular weight excluding hydrogens is 370 g/mol. The molecule has 0 radical (unpaired) electrons. The fraction of sp³-hybridized carbons (Fsp3) is 0.304. The molecule has 0 bridgehead atoms. The van der Waals surface area contributed by atoms with Crippen molar-refractivity contribution in [1.29, 1.82) is 0 Å². The summed E-state index contributed by atoms with van der Waals surface area (Å²) in [6, 6.07) is 15.4. The number of cyclic esters (lactones) is 1. The number of carbonyl (C=O) groups is 2. The van der Waals surface area contributed by atoms with Gasteiger partial charge in [0, 0.05) is 12.6 Å². The van der Waals surface area contributed by atoms with E-state index in [2.05, 4.69) is 0 Å². The molecular formula is C23H25NO5. The van der Waals surface area contributed by atoms with Crippen molar-refractivity contribution in [3.05, 3.63) is 83.6 Å². The monoisotopic (exact) mass is 395 g/mol. The van der Waals surface area contributed by atoms with Gasteiger partial charge in [0.15, 0.2) is 5.60 Å². The Bertz CT molecular complexity index is 915. The van der Waals surface area contributed by atoms with Gasteiger partial charge in [0.05, 0.1) is 17.2 Å². The number of aromatic carboxylic acids is 1. The fourth-order valence-corrected chi connectivity index (χ4v) is 3.57. The molecule has 1 aliphatic heterocycles. The Kier molecular flexibility index (Phi) is 5.48. The number of carboxylic acid groups (broad SMARTS) is 1. The van der Waals surface area contributed by atoms with E-state index in [0.717, 1.165) is 11.1 Å². The summed E-state index contributed by atoms with van der Waals surface area (Å²) in [6.45, 7) is 5.20. The van der Waals surface area contributed by atoms with Crippen LogP contribution in [-0.2, 0) is 10.3 Å². The molecule has 0 fully saturated rings. The molecule has 1 amide bonds. The first-order chi connectivity index (χ1) is 13.6. The molecule has 0 saturated carbocycles. The number of ether oxygens (including phenoxy) is 1. The van der Waals surface area contributed by atoms with Gasteiger partial charge < -0.3 is 14.9 Å². The van der Waals surface area contributed by atoms with Gasteiger partial charge >= 0.3 is 12.1 Å². The van der Waals surface area contributed by atoms with Crippen LogP contribution in [0.15, 0.2) is 66.9 Å². The second kappa shape index (κ2) is 7.72. The third-order valence-electron chi connectivity index (χ3n) is 5.00. The second-order valence-electron chi connectivity index (χ2n) is 7.94. The van der Waals surface area contributed by atoms with Gasteiger partial charge in [-0.05, 0) is 50.1 Å². The van der Waals surface area contributed by atoms with E-state index in [1.165, 1.54) is 17.0 Å². The highest BCUT2D eigenvalue weighted by Gasteiger charge is 2.43. The quantitative estimate of drug-likeness (QED) is 0.754. The maximum atomic E-state index is 12.9. The summed E-state index contributed by atoms with van der Waals surface area (Å²) in [4.78, 5) is 25.4. The Labute approximate surface area is 170 Å². The summed E-state index contributed by atoms with van der Waals surface area (Å²) in [6.07, 6.45) is 3.15. The third kappa shape index (κ3) is 4.49. The lowest BCUT2D eigenvalue weighted by Crippen LogP contribution is -2.45. The number of aliphatic hydroxyl groups is 1. The van der Waals surface area contributed by atoms with Crippen molar-refractivity contribution >= 4 is 12.1 Å². The van der Waals surface area contributed by atoms with Gasteiger partial charge in [-0.3, -0.25) is 4.90 Å². The molecule has 29 heavy (non-hydrogen) atoms. The zero-order valence-corrected chi connectivity index (χ0v) is 16.7. The average molecular weight is 395 g/mol. The van der Waals surface area contributed by atoms with E-state index in [0.29, 0.717) is 0 Å². The summed E-state index contributed by atoms with van der Waals surface area (Å²) >= 11 is 0. The van der Waals surface area contributed by atoms with E-state index >= 15 is 0 Å². The van der Waals surface area contributed by atoms with Crippen LogP contribution in [0.3, 0.4) is 0 Å². The van der Waals surface area contributed by atoms with E-state index < -0.39 is 23.3 Å². The van der Waals surface area contributed by atoms with E-state index in [9.17, 15) is 14.7 Å². The van der Waals surface area contributed by atoms with Crippen molar-refractivity contribution in [2.45, 2.75) is 44.4 Å². The number of carboxylic acids is 1. The molecule has 152 valence electrons. The molecule has 1 aliphatic rings. The summed E-state index contributed by atoms with van der Waals surface area (Å²) < 4.78 is 5.90. The molecule has 0 aromatic heterocycles. The standard InChI is InChI=1S/C23H25NO5/c1-16(17-9-11-18(12-10-17)20(25)26)24-14-13-23(29-21(24)27,15-22(2,3)28)19-7-5-4-6-8-19/h4-14,16,28H,15H2,1-3H3,(H,25,26). The lowest BCUT2D eigenvalue weighted by molar-refractivity contribution is -0.0491. The van der Waals surface area contributed by atoms with Crippen LogP contribution in [0.5, 0.6) is 0 Å². The molecule has 3 rings (SSSR count). The zero-order valence-electron chi connectivity index (χ0n) is 16.7. The van der Waals surface area contributed by atoms with Crippen molar-refractivity contribution in [2.24, 2.45) is 0 Å². The van der Waals surface area contributed by atoms with Crippen LogP contribution in [0.25, 0.3) is 0 Å². The highest BCUT2D eigenvalue weighted by molar-refractivity contribution is 5.87. The van der Waals surface area contributed by atoms with Crippen molar-refractivity contribution in [2.75, 3.05) is 0 Å². The maximum Gasteiger partial charge on any atom is 0.415 e. The summed E-state index contributed by atoms with van der Waals surface area (Å²) in [7, 11) is 0. The summed E-state index contributed by atoms with van der Waals surface area (Å²) in [5, 5.41) is 19.5. The Morgan fingerprint density at radius 1 is 1.14 bits per heavy atom. The van der Waals surface area contributed by atoms with Crippen molar-refractivity contribution in [3.63, 3.8) is 0 Å². The van der Waals surface area contributed by atoms with Gasteiger partial charge in [-0.15, -0.1) is 0 Å². The number of carbonyl (C=O) groups excluding carboxylic acids is 1. The van der Waals surface area contributed by atoms with Crippen molar-refractivity contribution < 1.29 is 24.5 Å². The first-order valence-electron chi connectivity index (χ1n) is 9.43. The lowest BCUT2D eigenvalue weighted by atomic mass is 9.82. The van der Waals surface area contributed by atoms with Gasteiger partial charge in [-0.2, -0.15) is 0 Å². The summed E-state index contributed by atoms with van der Waals surface area (Å²) in [5.74, 6) is -0.999.